The van der Waals surface area contributed by atoms with Crippen molar-refractivity contribution in [2.24, 2.45) is 0 Å². The Hall–Kier alpha value is 1.09. The van der Waals surface area contributed by atoms with Crippen molar-refractivity contribution in [3.05, 3.63) is 24.5 Å². The van der Waals surface area contributed by atoms with Gasteiger partial charge in [-0.15, -0.1) is 0 Å². The van der Waals surface area contributed by atoms with E-state index >= 15 is 0 Å². The van der Waals surface area contributed by atoms with Crippen molar-refractivity contribution in [3.8, 4) is 0 Å². The second-order valence-corrected chi connectivity index (χ2v) is 6.72. The van der Waals surface area contributed by atoms with Crippen LogP contribution in [0.25, 0.3) is 0 Å². The normalized spacial score (nSPS) is 10.8. The highest BCUT2D eigenvalue weighted by molar-refractivity contribution is 9.12. The van der Waals surface area contributed by atoms with E-state index in [0.29, 0.717) is 0 Å². The molecule has 0 unspecified atom stereocenters. The Labute approximate surface area is 86.9 Å². The van der Waals surface area contributed by atoms with Crippen molar-refractivity contribution in [3.63, 3.8) is 0 Å². The minimum atomic E-state index is 1.14. The average molecular weight is 347 g/mol. The van der Waals surface area contributed by atoms with Gasteiger partial charge in [0.15, 0.2) is 0 Å². The van der Waals surface area contributed by atoms with E-state index in [4.69, 9.17) is 0 Å². The molecule has 0 N–H and O–H groups in total. The first-order chi connectivity index (χ1) is 4.61. The maximum atomic E-state index is 3.48. The average Bonchev–Trinajstić information content (AvgIpc) is 1.82. The molecule has 0 aromatic carbocycles. The Bertz CT molecular complexity index is 236. The molecule has 0 aliphatic rings. The zero-order chi connectivity index (χ0) is 7.72. The minimum Gasteiger partial charge on any atom is -0.0504 e. The van der Waals surface area contributed by atoms with E-state index < -0.39 is 0 Å². The van der Waals surface area contributed by atoms with Gasteiger partial charge in [-0.05, 0) is 58.6 Å². The molecule has 0 saturated heterocycles. The molecule has 0 nitrogen and oxygen atoms in total. The molecule has 1 aromatic heterocycles. The summed E-state index contributed by atoms with van der Waals surface area (Å²) in [5.41, 5.74) is 1.27. The monoisotopic (exact) mass is 344 g/mol. The van der Waals surface area contributed by atoms with Crippen molar-refractivity contribution in [1.29, 1.82) is 0 Å². The van der Waals surface area contributed by atoms with Crippen LogP contribution in [0.2, 0.25) is 0 Å². The molecule has 0 aliphatic heterocycles. The van der Waals surface area contributed by atoms with Crippen LogP contribution < -0.4 is 0 Å². The molecular formula is C6H4Br3P. The van der Waals surface area contributed by atoms with Gasteiger partial charge in [0.1, 0.15) is 0 Å². The lowest BCUT2D eigenvalue weighted by atomic mass is 10.4. The second-order valence-electron chi connectivity index (χ2n) is 1.84. The molecule has 0 aliphatic carbocycles. The third-order valence-electron chi connectivity index (χ3n) is 1.12. The third-order valence-corrected chi connectivity index (χ3v) is 4.70. The Morgan fingerprint density at radius 1 is 1.30 bits per heavy atom. The molecule has 0 radical (unpaired) electrons. The van der Waals surface area contributed by atoms with Crippen LogP contribution in [0.4, 0.5) is 0 Å². The molecule has 0 fully saturated rings. The van der Waals surface area contributed by atoms with Crippen LogP contribution in [0.15, 0.2) is 18.9 Å². The van der Waals surface area contributed by atoms with Crippen LogP contribution in [0.3, 0.4) is 0 Å². The summed E-state index contributed by atoms with van der Waals surface area (Å²) in [5.74, 6) is 0. The maximum absolute atomic E-state index is 3.48. The Kier molecular flexibility index (Phi) is 3.36. The number of rotatable bonds is 0. The topological polar surface area (TPSA) is 0 Å². The lowest BCUT2D eigenvalue weighted by Crippen LogP contribution is -1.72. The highest BCUT2D eigenvalue weighted by Crippen LogP contribution is 2.37. The number of halogens is 3. The van der Waals surface area contributed by atoms with E-state index in [1.807, 2.05) is 0 Å². The van der Waals surface area contributed by atoms with Gasteiger partial charge < -0.3 is 0 Å². The lowest BCUT2D eigenvalue weighted by molar-refractivity contribution is 1.45. The van der Waals surface area contributed by atoms with Crippen molar-refractivity contribution in [2.45, 2.75) is 6.92 Å². The quantitative estimate of drug-likeness (QED) is 0.629. The predicted molar refractivity (Wildman–Crippen MR) is 56.8 cm³/mol. The standard InChI is InChI=1S/C6H4Br3P/c1-3-4(7)2-5(8)10-6(3)9/h2H,1H3. The SMILES string of the molecule is Cc1c(Br)cc(Br)pc1Br. The lowest BCUT2D eigenvalue weighted by Gasteiger charge is -2.00. The fraction of sp³-hybridized carbons (Fsp3) is 0.167. The van der Waals surface area contributed by atoms with Crippen LogP contribution in [-0.4, -0.2) is 0 Å². The third kappa shape index (κ3) is 2.04. The second kappa shape index (κ2) is 3.66. The zero-order valence-electron chi connectivity index (χ0n) is 5.16. The van der Waals surface area contributed by atoms with Gasteiger partial charge in [-0.3, -0.25) is 0 Å². The summed E-state index contributed by atoms with van der Waals surface area (Å²) in [6.45, 7) is 2.08. The highest BCUT2D eigenvalue weighted by Gasteiger charge is 2.00. The molecule has 0 bridgehead atoms. The summed E-state index contributed by atoms with van der Waals surface area (Å²) in [6.07, 6.45) is 0. The first-order valence-electron chi connectivity index (χ1n) is 2.59. The first-order valence-corrected chi connectivity index (χ1v) is 5.86. The van der Waals surface area contributed by atoms with E-state index in [0.717, 1.165) is 4.47 Å². The van der Waals surface area contributed by atoms with Gasteiger partial charge in [-0.2, -0.15) is 0 Å². The molecule has 4 heteroatoms. The van der Waals surface area contributed by atoms with Gasteiger partial charge >= 0.3 is 0 Å². The van der Waals surface area contributed by atoms with Crippen LogP contribution in [0, 0.1) is 6.92 Å². The molecule has 0 amide bonds. The van der Waals surface area contributed by atoms with Gasteiger partial charge in [0.05, 0.1) is 0 Å². The molecule has 0 saturated carbocycles. The van der Waals surface area contributed by atoms with E-state index in [1.54, 1.807) is 0 Å². The molecular weight excluding hydrogens is 343 g/mol. The molecule has 0 spiro atoms. The molecule has 10 heavy (non-hydrogen) atoms. The van der Waals surface area contributed by atoms with Crippen molar-refractivity contribution in [1.82, 2.24) is 0 Å². The summed E-state index contributed by atoms with van der Waals surface area (Å²) in [6, 6.07) is 2.07. The molecule has 54 valence electrons. The Balaban J connectivity index is 3.31. The predicted octanol–water partition coefficient (Wildman–Crippen LogP) is 4.86. The summed E-state index contributed by atoms with van der Waals surface area (Å²) >= 11 is 10.4. The van der Waals surface area contributed by atoms with Gasteiger partial charge in [0.25, 0.3) is 0 Å². The van der Waals surface area contributed by atoms with E-state index in [-0.39, 0.29) is 0 Å². The van der Waals surface area contributed by atoms with E-state index in [9.17, 15) is 0 Å². The van der Waals surface area contributed by atoms with Gasteiger partial charge in [0, 0.05) is 12.9 Å². The Morgan fingerprint density at radius 3 is 2.40 bits per heavy atom. The minimum absolute atomic E-state index is 1.14. The highest BCUT2D eigenvalue weighted by atomic mass is 79.9. The first kappa shape index (κ1) is 9.18. The van der Waals surface area contributed by atoms with Crippen molar-refractivity contribution < 1.29 is 0 Å². The number of hydrogen-bond donors (Lipinski definition) is 0. The van der Waals surface area contributed by atoms with Crippen LogP contribution in [-0.2, 0) is 0 Å². The van der Waals surface area contributed by atoms with Crippen LogP contribution >= 0.6 is 56.0 Å². The van der Waals surface area contributed by atoms with Crippen molar-refractivity contribution >= 4 is 56.0 Å². The zero-order valence-corrected chi connectivity index (χ0v) is 10.8. The fourth-order valence-electron chi connectivity index (χ4n) is 0.521. The summed E-state index contributed by atoms with van der Waals surface area (Å²) in [4.78, 5) is 0. The Morgan fingerprint density at radius 2 is 1.90 bits per heavy atom. The largest absolute Gasteiger partial charge is 0.0504 e. The molecule has 1 aromatic rings. The smallest absolute Gasteiger partial charge is 0.0498 e. The van der Waals surface area contributed by atoms with E-state index in [2.05, 4.69) is 60.8 Å². The number of hydrogen-bond acceptors (Lipinski definition) is 0. The maximum Gasteiger partial charge on any atom is 0.0498 e. The molecule has 0 atom stereocenters. The summed E-state index contributed by atoms with van der Waals surface area (Å²) in [5, 5.41) is 0. The van der Waals surface area contributed by atoms with Gasteiger partial charge in [-0.25, -0.2) is 0 Å². The van der Waals surface area contributed by atoms with Crippen LogP contribution in [0.1, 0.15) is 5.56 Å². The van der Waals surface area contributed by atoms with Gasteiger partial charge in [0.2, 0.25) is 0 Å². The van der Waals surface area contributed by atoms with E-state index in [1.165, 1.54) is 22.2 Å². The summed E-state index contributed by atoms with van der Waals surface area (Å²) < 4.78 is 3.54. The van der Waals surface area contributed by atoms with Crippen LogP contribution in [0.5, 0.6) is 0 Å². The van der Waals surface area contributed by atoms with Gasteiger partial charge in [-0.1, -0.05) is 15.9 Å². The molecule has 1 heterocycles. The molecule has 1 rings (SSSR count). The summed E-state index contributed by atoms with van der Waals surface area (Å²) in [7, 11) is 1.21. The van der Waals surface area contributed by atoms with Crippen molar-refractivity contribution in [2.75, 3.05) is 0 Å². The fourth-order valence-corrected chi connectivity index (χ4v) is 4.78.